The quantitative estimate of drug-likeness (QED) is 0.214. The van der Waals surface area contributed by atoms with Gasteiger partial charge in [0, 0.05) is 23.8 Å². The van der Waals surface area contributed by atoms with Crippen molar-refractivity contribution in [2.45, 2.75) is 84.1 Å². The number of hydrogen-bond donors (Lipinski definition) is 1. The number of Topliss-reactive ketones (excluding diaryl/α,β-unsaturated/α-hetero) is 1. The molecule has 6 rings (SSSR count). The Bertz CT molecular complexity index is 1650. The van der Waals surface area contributed by atoms with Gasteiger partial charge in [-0.1, -0.05) is 118 Å². The van der Waals surface area contributed by atoms with Gasteiger partial charge in [0.05, 0.1) is 29.7 Å². The molecule has 6 nitrogen and oxygen atoms in total. The fraction of sp³-hybridized carbons (Fsp3) is 0.405. The van der Waals surface area contributed by atoms with Gasteiger partial charge < -0.3 is 5.73 Å². The van der Waals surface area contributed by atoms with Crippen LogP contribution in [0.2, 0.25) is 0 Å². The number of hydrogen-bond acceptors (Lipinski definition) is 4. The molecule has 2 aliphatic carbocycles. The number of aryl methyl sites for hydroxylation is 1. The number of nitrogens with zero attached hydrogens (tertiary/aromatic N) is 3. The van der Waals surface area contributed by atoms with Gasteiger partial charge in [-0.25, -0.2) is 9.80 Å². The first-order valence-electron chi connectivity index (χ1n) is 18.0. The number of rotatable bonds is 12. The number of ketones is 1. The van der Waals surface area contributed by atoms with E-state index in [0.717, 1.165) is 66.7 Å². The lowest BCUT2D eigenvalue weighted by molar-refractivity contribution is -0.121. The van der Waals surface area contributed by atoms with Crippen molar-refractivity contribution in [3.05, 3.63) is 114 Å². The largest absolute Gasteiger partial charge is 0.349 e. The number of para-hydroxylation sites is 1. The molecule has 3 aliphatic rings. The van der Waals surface area contributed by atoms with E-state index in [1.54, 1.807) is 5.01 Å². The zero-order chi connectivity index (χ0) is 33.5. The average Bonchev–Trinajstić information content (AvgIpc) is 3.26. The molecule has 1 saturated carbocycles. The highest BCUT2D eigenvalue weighted by atomic mass is 16.2. The second-order valence-electron chi connectivity index (χ2n) is 13.8. The molecule has 2 amide bonds. The van der Waals surface area contributed by atoms with Gasteiger partial charge in [-0.2, -0.15) is 5.10 Å². The highest BCUT2D eigenvalue weighted by Gasteiger charge is 2.35. The monoisotopic (exact) mass is 642 g/mol. The van der Waals surface area contributed by atoms with Crippen molar-refractivity contribution in [3.63, 3.8) is 0 Å². The number of carbonyl (C=O) groups excluding carboxylic acids is 2. The van der Waals surface area contributed by atoms with Crippen LogP contribution in [-0.4, -0.2) is 35.1 Å². The molecular formula is C42H50N4O2. The third-order valence-electron chi connectivity index (χ3n) is 10.5. The second kappa shape index (κ2) is 15.7. The van der Waals surface area contributed by atoms with Crippen molar-refractivity contribution in [2.75, 3.05) is 11.4 Å². The van der Waals surface area contributed by atoms with Gasteiger partial charge >= 0.3 is 6.03 Å². The molecule has 0 spiro atoms. The third-order valence-corrected chi connectivity index (χ3v) is 10.5. The molecule has 1 fully saturated rings. The molecule has 6 heteroatoms. The van der Waals surface area contributed by atoms with Crippen LogP contribution in [-0.2, 0) is 11.2 Å². The maximum absolute atomic E-state index is 14.8. The van der Waals surface area contributed by atoms with Crippen LogP contribution in [0, 0.1) is 17.8 Å². The Balaban J connectivity index is 1.29. The van der Waals surface area contributed by atoms with Crippen molar-refractivity contribution in [2.24, 2.45) is 28.6 Å². The van der Waals surface area contributed by atoms with E-state index in [1.807, 2.05) is 36.1 Å². The zero-order valence-corrected chi connectivity index (χ0v) is 28.6. The van der Waals surface area contributed by atoms with Crippen molar-refractivity contribution in [3.8, 4) is 0 Å². The van der Waals surface area contributed by atoms with Crippen LogP contribution in [0.1, 0.15) is 88.3 Å². The van der Waals surface area contributed by atoms with E-state index in [9.17, 15) is 9.59 Å². The molecular weight excluding hydrogens is 592 g/mol. The van der Waals surface area contributed by atoms with E-state index >= 15 is 0 Å². The SMILES string of the molecule is CC[C@@H](C)[C@H](N)C(=O)CCCc1ccc(N2C(=O)N(CC3CC=CC=C3c3ccccc3)N=C(C3CCCCC3)c3ccccc32)cc1. The standard InChI is InChI=1S/C42H50N4O2/c1-3-30(2)40(43)39(47)24-14-15-31-25-27-35(28-26-31)46-38-23-13-12-22-37(38)41(33-18-8-5-9-19-33)44-45(42(46)48)29-34-20-10-11-21-36(34)32-16-6-4-7-17-32/h4,6-7,10-13,16-17,21-23,25-28,30,33-34,40H,3,5,8-9,14-15,18-20,24,29,43H2,1-2H3/t30-,34?,40+/m1/s1. The fourth-order valence-corrected chi connectivity index (χ4v) is 7.41. The smallest absolute Gasteiger partial charge is 0.321 e. The number of carbonyl (C=O) groups is 2. The van der Waals surface area contributed by atoms with E-state index in [2.05, 4.69) is 79.7 Å². The summed E-state index contributed by atoms with van der Waals surface area (Å²) in [6.07, 6.45) is 16.1. The summed E-state index contributed by atoms with van der Waals surface area (Å²) in [4.78, 5) is 29.2. The number of fused-ring (bicyclic) bond motifs is 1. The molecule has 0 saturated heterocycles. The molecule has 0 bridgehead atoms. The maximum Gasteiger partial charge on any atom is 0.349 e. The number of urea groups is 1. The van der Waals surface area contributed by atoms with Crippen LogP contribution >= 0.6 is 0 Å². The summed E-state index contributed by atoms with van der Waals surface area (Å²) >= 11 is 0. The first-order chi connectivity index (χ1) is 23.4. The molecule has 0 radical (unpaired) electrons. The predicted octanol–water partition coefficient (Wildman–Crippen LogP) is 9.47. The Morgan fingerprint density at radius 2 is 1.69 bits per heavy atom. The molecule has 3 aromatic rings. The molecule has 1 unspecified atom stereocenters. The van der Waals surface area contributed by atoms with Crippen LogP contribution in [0.5, 0.6) is 0 Å². The van der Waals surface area contributed by atoms with Gasteiger partial charge in [-0.15, -0.1) is 0 Å². The third kappa shape index (κ3) is 7.55. The second-order valence-corrected chi connectivity index (χ2v) is 13.8. The summed E-state index contributed by atoms with van der Waals surface area (Å²) in [5.74, 6) is 0.784. The summed E-state index contributed by atoms with van der Waals surface area (Å²) in [6, 6.07) is 26.5. The van der Waals surface area contributed by atoms with Gasteiger partial charge in [0.2, 0.25) is 0 Å². The van der Waals surface area contributed by atoms with Crippen molar-refractivity contribution in [1.29, 1.82) is 0 Å². The fourth-order valence-electron chi connectivity index (χ4n) is 7.41. The van der Waals surface area contributed by atoms with Crippen LogP contribution in [0.3, 0.4) is 0 Å². The van der Waals surface area contributed by atoms with E-state index in [-0.39, 0.29) is 29.7 Å². The minimum absolute atomic E-state index is 0.124. The van der Waals surface area contributed by atoms with Crippen molar-refractivity contribution < 1.29 is 9.59 Å². The number of anilines is 2. The van der Waals surface area contributed by atoms with Gasteiger partial charge in [0.1, 0.15) is 5.78 Å². The Kier molecular flexibility index (Phi) is 11.0. The topological polar surface area (TPSA) is 79.0 Å². The normalized spacial score (nSPS) is 19.6. The summed E-state index contributed by atoms with van der Waals surface area (Å²) in [5, 5.41) is 7.05. The van der Waals surface area contributed by atoms with Crippen LogP contribution < -0.4 is 10.6 Å². The van der Waals surface area contributed by atoms with Gasteiger partial charge in [0.15, 0.2) is 0 Å². The number of benzene rings is 3. The molecule has 2 N–H and O–H groups in total. The van der Waals surface area contributed by atoms with E-state index in [0.29, 0.717) is 18.9 Å². The zero-order valence-electron chi connectivity index (χ0n) is 28.6. The van der Waals surface area contributed by atoms with E-state index < -0.39 is 0 Å². The van der Waals surface area contributed by atoms with Crippen molar-refractivity contribution in [1.82, 2.24) is 5.01 Å². The lowest BCUT2D eigenvalue weighted by atomic mass is 9.83. The molecule has 3 atom stereocenters. The Labute approximate surface area is 286 Å². The molecule has 48 heavy (non-hydrogen) atoms. The Hall–Kier alpha value is -4.29. The first kappa shape index (κ1) is 33.6. The Morgan fingerprint density at radius 3 is 2.44 bits per heavy atom. The highest BCUT2D eigenvalue weighted by molar-refractivity contribution is 6.13. The van der Waals surface area contributed by atoms with Crippen LogP contribution in [0.4, 0.5) is 16.2 Å². The van der Waals surface area contributed by atoms with Crippen LogP contribution in [0.25, 0.3) is 5.57 Å². The maximum atomic E-state index is 14.8. The summed E-state index contributed by atoms with van der Waals surface area (Å²) < 4.78 is 0. The lowest BCUT2D eigenvalue weighted by Crippen LogP contribution is -2.40. The molecule has 1 aliphatic heterocycles. The predicted molar refractivity (Wildman–Crippen MR) is 197 cm³/mol. The summed E-state index contributed by atoms with van der Waals surface area (Å²) in [7, 11) is 0. The van der Waals surface area contributed by atoms with Gasteiger partial charge in [-0.3, -0.25) is 9.69 Å². The van der Waals surface area contributed by atoms with Crippen LogP contribution in [0.15, 0.2) is 102 Å². The van der Waals surface area contributed by atoms with Crippen molar-refractivity contribution >= 4 is 34.5 Å². The average molecular weight is 643 g/mol. The number of hydrazone groups is 1. The highest BCUT2D eigenvalue weighted by Crippen LogP contribution is 2.39. The summed E-state index contributed by atoms with van der Waals surface area (Å²) in [6.45, 7) is 4.61. The molecule has 0 aromatic heterocycles. The van der Waals surface area contributed by atoms with E-state index in [4.69, 9.17) is 10.8 Å². The lowest BCUT2D eigenvalue weighted by Gasteiger charge is -2.30. The molecule has 3 aromatic carbocycles. The molecule has 1 heterocycles. The minimum atomic E-state index is -0.390. The number of amides is 2. The van der Waals surface area contributed by atoms with E-state index in [1.165, 1.54) is 30.4 Å². The number of allylic oxidation sites excluding steroid dienone is 3. The summed E-state index contributed by atoms with van der Waals surface area (Å²) in [5.41, 5.74) is 13.5. The molecule has 250 valence electrons. The van der Waals surface area contributed by atoms with Gasteiger partial charge in [0.25, 0.3) is 0 Å². The number of nitrogens with two attached hydrogens (primary N) is 1. The minimum Gasteiger partial charge on any atom is -0.321 e. The first-order valence-corrected chi connectivity index (χ1v) is 18.0. The Morgan fingerprint density at radius 1 is 0.958 bits per heavy atom. The van der Waals surface area contributed by atoms with Gasteiger partial charge in [-0.05, 0) is 72.9 Å².